The lowest BCUT2D eigenvalue weighted by Crippen LogP contribution is -2.59. The molecule has 14 atom stereocenters. The molecule has 0 unspecified atom stereocenters. The van der Waals surface area contributed by atoms with Crippen molar-refractivity contribution in [2.45, 2.75) is 117 Å². The van der Waals surface area contributed by atoms with Crippen LogP contribution in [0.15, 0.2) is 0 Å². The zero-order valence-corrected chi connectivity index (χ0v) is 21.3. The SMILES string of the molecule is C[C@H](CC[C@@H](C)[C@H]1[C@H](O)C[C@H]2[C@@H]3CC[C@H]4C[C@@H](O)CC[C@]4(C)[C@H]3C[C@@H](O)[C@]12C)[C@H]1C[C@H]1C. The molecule has 32 heavy (non-hydrogen) atoms. The molecule has 3 heteroatoms. The summed E-state index contributed by atoms with van der Waals surface area (Å²) in [4.78, 5) is 0. The first-order valence-electron chi connectivity index (χ1n) is 14.1. The minimum atomic E-state index is -0.304. The number of fused-ring (bicyclic) bond motifs is 5. The van der Waals surface area contributed by atoms with E-state index in [2.05, 4.69) is 34.6 Å². The molecule has 0 aliphatic heterocycles. The van der Waals surface area contributed by atoms with E-state index >= 15 is 0 Å². The molecule has 0 radical (unpaired) electrons. The van der Waals surface area contributed by atoms with Gasteiger partial charge in [0.25, 0.3) is 0 Å². The summed E-state index contributed by atoms with van der Waals surface area (Å²) in [7, 11) is 0. The van der Waals surface area contributed by atoms with Crippen molar-refractivity contribution >= 4 is 0 Å². The topological polar surface area (TPSA) is 60.7 Å². The summed E-state index contributed by atoms with van der Waals surface area (Å²) >= 11 is 0. The fraction of sp³-hybridized carbons (Fsp3) is 1.00. The average Bonchev–Trinajstić information content (AvgIpc) is 3.40. The maximum absolute atomic E-state index is 11.7. The number of hydrogen-bond donors (Lipinski definition) is 3. The molecule has 5 saturated carbocycles. The first-order chi connectivity index (χ1) is 15.1. The second-order valence-electron chi connectivity index (χ2n) is 13.9. The Morgan fingerprint density at radius 3 is 2.22 bits per heavy atom. The Kier molecular flexibility index (Phi) is 6.07. The monoisotopic (exact) mass is 446 g/mol. The van der Waals surface area contributed by atoms with Gasteiger partial charge < -0.3 is 15.3 Å². The largest absolute Gasteiger partial charge is 0.393 e. The van der Waals surface area contributed by atoms with Crippen molar-refractivity contribution < 1.29 is 15.3 Å². The Hall–Kier alpha value is -0.120. The summed E-state index contributed by atoms with van der Waals surface area (Å²) in [6.45, 7) is 12.0. The second kappa shape index (κ2) is 8.23. The summed E-state index contributed by atoms with van der Waals surface area (Å²) in [5.74, 6) is 5.58. The van der Waals surface area contributed by atoms with Crippen LogP contribution in [0.5, 0.6) is 0 Å². The smallest absolute Gasteiger partial charge is 0.0603 e. The quantitative estimate of drug-likeness (QED) is 0.511. The molecule has 0 amide bonds. The summed E-state index contributed by atoms with van der Waals surface area (Å²) in [6, 6.07) is 0. The Morgan fingerprint density at radius 2 is 1.53 bits per heavy atom. The Balaban J connectivity index is 1.34. The predicted molar refractivity (Wildman–Crippen MR) is 129 cm³/mol. The van der Waals surface area contributed by atoms with E-state index in [4.69, 9.17) is 0 Å². The first kappa shape index (κ1) is 23.6. The minimum absolute atomic E-state index is 0.122. The van der Waals surface area contributed by atoms with Gasteiger partial charge in [-0.3, -0.25) is 0 Å². The second-order valence-corrected chi connectivity index (χ2v) is 13.9. The Bertz CT molecular complexity index is 694. The van der Waals surface area contributed by atoms with E-state index in [0.717, 1.165) is 49.9 Å². The lowest BCUT2D eigenvalue weighted by atomic mass is 9.43. The van der Waals surface area contributed by atoms with Gasteiger partial charge in [-0.15, -0.1) is 0 Å². The molecule has 5 aliphatic carbocycles. The van der Waals surface area contributed by atoms with Crippen LogP contribution in [0.4, 0.5) is 0 Å². The van der Waals surface area contributed by atoms with Gasteiger partial charge in [-0.05, 0) is 110 Å². The van der Waals surface area contributed by atoms with Crippen molar-refractivity contribution in [2.24, 2.45) is 64.1 Å². The summed E-state index contributed by atoms with van der Waals surface area (Å²) < 4.78 is 0. The molecule has 0 aromatic carbocycles. The van der Waals surface area contributed by atoms with Crippen LogP contribution in [0, 0.1) is 64.1 Å². The summed E-state index contributed by atoms with van der Waals surface area (Å²) in [5.41, 5.74) is 0.114. The van der Waals surface area contributed by atoms with Gasteiger partial charge in [0.15, 0.2) is 0 Å². The van der Waals surface area contributed by atoms with Crippen molar-refractivity contribution in [2.75, 3.05) is 0 Å². The van der Waals surface area contributed by atoms with Crippen LogP contribution in [-0.4, -0.2) is 33.6 Å². The number of aliphatic hydroxyl groups is 3. The van der Waals surface area contributed by atoms with Gasteiger partial charge in [-0.2, -0.15) is 0 Å². The van der Waals surface area contributed by atoms with Crippen LogP contribution in [0.1, 0.15) is 98.8 Å². The third kappa shape index (κ3) is 3.54. The lowest BCUT2D eigenvalue weighted by molar-refractivity contribution is -0.176. The molecule has 0 saturated heterocycles. The highest BCUT2D eigenvalue weighted by Gasteiger charge is 2.65. The molecule has 184 valence electrons. The fourth-order valence-electron chi connectivity index (χ4n) is 10.3. The fourth-order valence-corrected chi connectivity index (χ4v) is 10.3. The van der Waals surface area contributed by atoms with Gasteiger partial charge in [-0.25, -0.2) is 0 Å². The molecular weight excluding hydrogens is 396 g/mol. The molecule has 0 bridgehead atoms. The van der Waals surface area contributed by atoms with Gasteiger partial charge in [0.2, 0.25) is 0 Å². The van der Waals surface area contributed by atoms with Crippen molar-refractivity contribution in [3.63, 3.8) is 0 Å². The van der Waals surface area contributed by atoms with Gasteiger partial charge in [0.05, 0.1) is 18.3 Å². The van der Waals surface area contributed by atoms with Crippen LogP contribution >= 0.6 is 0 Å². The molecule has 5 aliphatic rings. The Morgan fingerprint density at radius 1 is 0.844 bits per heavy atom. The Labute approximate surface area is 196 Å². The highest BCUT2D eigenvalue weighted by Crippen LogP contribution is 2.68. The first-order valence-corrected chi connectivity index (χ1v) is 14.1. The molecular formula is C29H50O3. The standard InChI is InChI=1S/C29H50O3/c1-16(22-12-18(22)3)6-7-17(2)27-25(31)14-24-21-9-8-19-13-20(30)10-11-28(19,4)23(21)15-26(32)29(24,27)5/h16-27,30-32H,6-15H2,1-5H3/t16-,17-,18-,19+,20+,21-,22-,23+,24+,25-,26-,27+,28+,29-/m1/s1. The van der Waals surface area contributed by atoms with Crippen LogP contribution in [-0.2, 0) is 0 Å². The summed E-state index contributed by atoms with van der Waals surface area (Å²) in [5, 5.41) is 33.4. The minimum Gasteiger partial charge on any atom is -0.393 e. The van der Waals surface area contributed by atoms with E-state index in [0.29, 0.717) is 29.6 Å². The molecule has 0 heterocycles. The molecule has 5 rings (SSSR count). The van der Waals surface area contributed by atoms with E-state index in [1.807, 2.05) is 0 Å². The maximum atomic E-state index is 11.7. The lowest BCUT2D eigenvalue weighted by Gasteiger charge is -2.62. The van der Waals surface area contributed by atoms with Crippen molar-refractivity contribution in [1.29, 1.82) is 0 Å². The number of aliphatic hydroxyl groups excluding tert-OH is 3. The predicted octanol–water partition coefficient (Wildman–Crippen LogP) is 5.66. The summed E-state index contributed by atoms with van der Waals surface area (Å²) in [6.07, 6.45) is 10.4. The molecule has 0 aromatic rings. The zero-order chi connectivity index (χ0) is 23.0. The van der Waals surface area contributed by atoms with E-state index in [9.17, 15) is 15.3 Å². The van der Waals surface area contributed by atoms with Crippen LogP contribution < -0.4 is 0 Å². The zero-order valence-electron chi connectivity index (χ0n) is 21.3. The molecule has 3 N–H and O–H groups in total. The van der Waals surface area contributed by atoms with Gasteiger partial charge >= 0.3 is 0 Å². The molecule has 3 nitrogen and oxygen atoms in total. The van der Waals surface area contributed by atoms with Gasteiger partial charge in [0.1, 0.15) is 0 Å². The van der Waals surface area contributed by atoms with Crippen molar-refractivity contribution in [3.8, 4) is 0 Å². The van der Waals surface area contributed by atoms with Gasteiger partial charge in [0, 0.05) is 5.41 Å². The third-order valence-corrected chi connectivity index (χ3v) is 12.4. The van der Waals surface area contributed by atoms with Crippen molar-refractivity contribution in [1.82, 2.24) is 0 Å². The highest BCUT2D eigenvalue weighted by molar-refractivity contribution is 5.14. The van der Waals surface area contributed by atoms with E-state index < -0.39 is 0 Å². The molecule has 0 spiro atoms. The third-order valence-electron chi connectivity index (χ3n) is 12.4. The number of hydrogen-bond acceptors (Lipinski definition) is 3. The molecule has 0 aromatic heterocycles. The maximum Gasteiger partial charge on any atom is 0.0603 e. The normalized spacial score (nSPS) is 56.6. The van der Waals surface area contributed by atoms with E-state index in [1.165, 1.54) is 32.1 Å². The van der Waals surface area contributed by atoms with E-state index in [1.54, 1.807) is 0 Å². The van der Waals surface area contributed by atoms with Gasteiger partial charge in [-0.1, -0.05) is 47.5 Å². The molecule has 5 fully saturated rings. The number of rotatable bonds is 5. The average molecular weight is 447 g/mol. The van der Waals surface area contributed by atoms with Crippen LogP contribution in [0.3, 0.4) is 0 Å². The van der Waals surface area contributed by atoms with Crippen molar-refractivity contribution in [3.05, 3.63) is 0 Å². The van der Waals surface area contributed by atoms with E-state index in [-0.39, 0.29) is 35.1 Å². The van der Waals surface area contributed by atoms with Crippen LogP contribution in [0.25, 0.3) is 0 Å². The highest BCUT2D eigenvalue weighted by atomic mass is 16.3. The van der Waals surface area contributed by atoms with Crippen LogP contribution in [0.2, 0.25) is 0 Å².